The molecule has 0 bridgehead atoms. The third kappa shape index (κ3) is 2.43. The molecule has 0 aromatic carbocycles. The SMILES string of the molecule is CC(c1ccc(C(=O)O)o1)n1cc(Cl)c([N+](=O)[O-])n1. The van der Waals surface area contributed by atoms with Gasteiger partial charge in [0.05, 0.1) is 11.3 Å². The number of aromatic carboxylic acids is 1. The predicted octanol–water partition coefficient (Wildman–Crippen LogP) is 2.35. The van der Waals surface area contributed by atoms with E-state index < -0.39 is 22.8 Å². The molecule has 0 aliphatic rings. The number of nitro groups is 1. The van der Waals surface area contributed by atoms with Gasteiger partial charge in [0.2, 0.25) is 5.76 Å². The molecule has 0 radical (unpaired) electrons. The number of rotatable bonds is 4. The van der Waals surface area contributed by atoms with Crippen molar-refractivity contribution in [1.29, 1.82) is 0 Å². The van der Waals surface area contributed by atoms with Crippen molar-refractivity contribution in [3.05, 3.63) is 45.0 Å². The van der Waals surface area contributed by atoms with Gasteiger partial charge in [-0.1, -0.05) is 11.6 Å². The summed E-state index contributed by atoms with van der Waals surface area (Å²) in [4.78, 5) is 20.6. The number of carboxylic acid groups (broad SMARTS) is 1. The molecule has 0 fully saturated rings. The molecule has 2 aromatic heterocycles. The molecule has 0 aliphatic heterocycles. The van der Waals surface area contributed by atoms with E-state index in [0.717, 1.165) is 0 Å². The van der Waals surface area contributed by atoms with Crippen LogP contribution < -0.4 is 0 Å². The second-order valence-corrected chi connectivity index (χ2v) is 4.13. The first kappa shape index (κ1) is 13.1. The van der Waals surface area contributed by atoms with Gasteiger partial charge in [0.1, 0.15) is 11.8 Å². The smallest absolute Gasteiger partial charge is 0.408 e. The topological polar surface area (TPSA) is 111 Å². The molecule has 2 rings (SSSR count). The summed E-state index contributed by atoms with van der Waals surface area (Å²) < 4.78 is 6.34. The molecule has 2 aromatic rings. The Labute approximate surface area is 111 Å². The molecule has 1 N–H and O–H groups in total. The Morgan fingerprint density at radius 2 is 2.32 bits per heavy atom. The number of halogens is 1. The summed E-state index contributed by atoms with van der Waals surface area (Å²) in [5.74, 6) is -1.55. The molecule has 2 heterocycles. The zero-order chi connectivity index (χ0) is 14.2. The van der Waals surface area contributed by atoms with E-state index >= 15 is 0 Å². The number of nitrogens with zero attached hydrogens (tertiary/aromatic N) is 3. The maximum atomic E-state index is 10.7. The largest absolute Gasteiger partial charge is 0.475 e. The summed E-state index contributed by atoms with van der Waals surface area (Å²) in [5, 5.41) is 23.0. The Morgan fingerprint density at radius 1 is 1.63 bits per heavy atom. The molecule has 0 spiro atoms. The average Bonchev–Trinajstić information content (AvgIpc) is 2.94. The van der Waals surface area contributed by atoms with Crippen molar-refractivity contribution in [2.75, 3.05) is 0 Å². The lowest BCUT2D eigenvalue weighted by Crippen LogP contribution is -2.07. The van der Waals surface area contributed by atoms with Crippen LogP contribution in [0.3, 0.4) is 0 Å². The minimum absolute atomic E-state index is 0.0955. The van der Waals surface area contributed by atoms with Crippen LogP contribution in [0.5, 0.6) is 0 Å². The summed E-state index contributed by atoms with van der Waals surface area (Å²) in [6, 6.07) is 2.25. The maximum absolute atomic E-state index is 10.7. The van der Waals surface area contributed by atoms with Crippen molar-refractivity contribution in [1.82, 2.24) is 9.78 Å². The minimum Gasteiger partial charge on any atom is -0.475 e. The van der Waals surface area contributed by atoms with Crippen LogP contribution in [-0.4, -0.2) is 25.8 Å². The highest BCUT2D eigenvalue weighted by atomic mass is 35.5. The van der Waals surface area contributed by atoms with Crippen LogP contribution in [-0.2, 0) is 0 Å². The van der Waals surface area contributed by atoms with E-state index in [4.69, 9.17) is 21.1 Å². The Kier molecular flexibility index (Phi) is 3.26. The predicted molar refractivity (Wildman–Crippen MR) is 63.4 cm³/mol. The van der Waals surface area contributed by atoms with E-state index in [1.165, 1.54) is 23.0 Å². The first-order valence-corrected chi connectivity index (χ1v) is 5.50. The van der Waals surface area contributed by atoms with Crippen molar-refractivity contribution < 1.29 is 19.2 Å². The van der Waals surface area contributed by atoms with E-state index in [0.29, 0.717) is 5.76 Å². The van der Waals surface area contributed by atoms with Gasteiger partial charge < -0.3 is 19.6 Å². The van der Waals surface area contributed by atoms with Gasteiger partial charge in [-0.25, -0.2) is 4.79 Å². The number of hydrogen-bond donors (Lipinski definition) is 1. The van der Waals surface area contributed by atoms with Crippen molar-refractivity contribution in [2.24, 2.45) is 0 Å². The van der Waals surface area contributed by atoms with Crippen molar-refractivity contribution >= 4 is 23.4 Å². The highest BCUT2D eigenvalue weighted by molar-refractivity contribution is 6.32. The number of carbonyl (C=O) groups is 1. The molecular formula is C10H8ClN3O5. The summed E-state index contributed by atoms with van der Waals surface area (Å²) in [6.07, 6.45) is 1.29. The molecule has 0 saturated heterocycles. The standard InChI is InChI=1S/C10H8ClN3O5/c1-5(7-2-3-8(19-7)10(15)16)13-4-6(11)9(12-13)14(17)18/h2-5H,1H3,(H,15,16). The quantitative estimate of drug-likeness (QED) is 0.681. The Hall–Kier alpha value is -2.35. The zero-order valence-electron chi connectivity index (χ0n) is 9.61. The van der Waals surface area contributed by atoms with Crippen molar-refractivity contribution in [3.8, 4) is 0 Å². The van der Waals surface area contributed by atoms with Crippen LogP contribution >= 0.6 is 11.6 Å². The highest BCUT2D eigenvalue weighted by Crippen LogP contribution is 2.26. The average molecular weight is 286 g/mol. The van der Waals surface area contributed by atoms with Gasteiger partial charge in [-0.2, -0.15) is 4.68 Å². The van der Waals surface area contributed by atoms with Crippen LogP contribution in [0, 0.1) is 10.1 Å². The third-order valence-corrected chi connectivity index (χ3v) is 2.76. The Morgan fingerprint density at radius 3 is 2.79 bits per heavy atom. The lowest BCUT2D eigenvalue weighted by Gasteiger charge is -2.04. The highest BCUT2D eigenvalue weighted by Gasteiger charge is 2.24. The minimum atomic E-state index is -1.19. The molecular weight excluding hydrogens is 278 g/mol. The van der Waals surface area contributed by atoms with Crippen molar-refractivity contribution in [2.45, 2.75) is 13.0 Å². The fourth-order valence-electron chi connectivity index (χ4n) is 1.50. The lowest BCUT2D eigenvalue weighted by atomic mass is 10.2. The summed E-state index contributed by atoms with van der Waals surface area (Å²) >= 11 is 5.68. The van der Waals surface area contributed by atoms with Gasteiger partial charge in [-0.15, -0.1) is 0 Å². The normalized spacial score (nSPS) is 12.3. The van der Waals surface area contributed by atoms with Gasteiger partial charge >= 0.3 is 11.8 Å². The van der Waals surface area contributed by atoms with Crippen molar-refractivity contribution in [3.63, 3.8) is 0 Å². The second-order valence-electron chi connectivity index (χ2n) is 3.72. The molecule has 0 saturated carbocycles. The van der Waals surface area contributed by atoms with Crippen LogP contribution in [0.4, 0.5) is 5.82 Å². The molecule has 19 heavy (non-hydrogen) atoms. The van der Waals surface area contributed by atoms with E-state index in [9.17, 15) is 14.9 Å². The Balaban J connectivity index is 2.32. The van der Waals surface area contributed by atoms with E-state index in [1.54, 1.807) is 6.92 Å². The first-order chi connectivity index (χ1) is 8.90. The lowest BCUT2D eigenvalue weighted by molar-refractivity contribution is -0.389. The summed E-state index contributed by atoms with van der Waals surface area (Å²) in [7, 11) is 0. The van der Waals surface area contributed by atoms with Crippen LogP contribution in [0.1, 0.15) is 29.3 Å². The fraction of sp³-hybridized carbons (Fsp3) is 0.200. The maximum Gasteiger partial charge on any atom is 0.408 e. The molecule has 0 aliphatic carbocycles. The summed E-state index contributed by atoms with van der Waals surface area (Å²) in [6.45, 7) is 1.65. The molecule has 1 atom stereocenters. The fourth-order valence-corrected chi connectivity index (χ4v) is 1.71. The van der Waals surface area contributed by atoms with Crippen LogP contribution in [0.15, 0.2) is 22.7 Å². The number of furan rings is 1. The number of aromatic nitrogens is 2. The van der Waals surface area contributed by atoms with Gasteiger partial charge in [-0.3, -0.25) is 0 Å². The van der Waals surface area contributed by atoms with Gasteiger partial charge in [0.25, 0.3) is 0 Å². The monoisotopic (exact) mass is 285 g/mol. The first-order valence-electron chi connectivity index (χ1n) is 5.12. The van der Waals surface area contributed by atoms with E-state index in [-0.39, 0.29) is 10.8 Å². The second kappa shape index (κ2) is 4.73. The van der Waals surface area contributed by atoms with E-state index in [1.807, 2.05) is 0 Å². The van der Waals surface area contributed by atoms with Crippen LogP contribution in [0.25, 0.3) is 0 Å². The van der Waals surface area contributed by atoms with Crippen LogP contribution in [0.2, 0.25) is 5.02 Å². The summed E-state index contributed by atoms with van der Waals surface area (Å²) in [5.41, 5.74) is 0. The molecule has 9 heteroatoms. The number of carboxylic acids is 1. The van der Waals surface area contributed by atoms with Gasteiger partial charge in [0.15, 0.2) is 5.02 Å². The molecule has 8 nitrogen and oxygen atoms in total. The Bertz CT molecular complexity index is 647. The zero-order valence-corrected chi connectivity index (χ0v) is 10.4. The van der Waals surface area contributed by atoms with E-state index in [2.05, 4.69) is 5.10 Å². The molecule has 100 valence electrons. The number of hydrogen-bond acceptors (Lipinski definition) is 5. The van der Waals surface area contributed by atoms with Gasteiger partial charge in [0, 0.05) is 0 Å². The molecule has 1 unspecified atom stereocenters. The third-order valence-electron chi connectivity index (χ3n) is 2.49. The molecule has 0 amide bonds. The van der Waals surface area contributed by atoms with Gasteiger partial charge in [-0.05, 0) is 24.0 Å².